The monoisotopic (exact) mass is 245 g/mol. The number of rotatable bonds is 3. The van der Waals surface area contributed by atoms with Gasteiger partial charge in [0, 0.05) is 0 Å². The fraction of sp³-hybridized carbons (Fsp3) is 0.167. The minimum absolute atomic E-state index is 0.262. The molecule has 0 unspecified atom stereocenters. The number of benzene rings is 1. The Morgan fingerprint density at radius 1 is 1.39 bits per heavy atom. The molecule has 6 heteroatoms. The van der Waals surface area contributed by atoms with Crippen molar-refractivity contribution in [1.82, 2.24) is 0 Å². The molecule has 1 aromatic carbocycles. The topological polar surface area (TPSA) is 95.0 Å². The van der Waals surface area contributed by atoms with Crippen molar-refractivity contribution in [2.24, 2.45) is 10.2 Å². The zero-order valence-corrected chi connectivity index (χ0v) is 9.91. The number of aliphatic hydroxyl groups is 1. The molecule has 0 amide bonds. The van der Waals surface area contributed by atoms with Gasteiger partial charge < -0.3 is 9.84 Å². The van der Waals surface area contributed by atoms with E-state index >= 15 is 0 Å². The number of carbonyl (C=O) groups excluding carboxylic acids is 1. The van der Waals surface area contributed by atoms with Crippen molar-refractivity contribution < 1.29 is 14.6 Å². The van der Waals surface area contributed by atoms with Gasteiger partial charge in [0.15, 0.2) is 0 Å². The molecule has 0 aliphatic heterocycles. The Morgan fingerprint density at radius 2 is 2.00 bits per heavy atom. The van der Waals surface area contributed by atoms with E-state index in [0.29, 0.717) is 11.3 Å². The number of esters is 1. The van der Waals surface area contributed by atoms with E-state index in [4.69, 9.17) is 5.26 Å². The predicted molar refractivity (Wildman–Crippen MR) is 63.0 cm³/mol. The first-order valence-corrected chi connectivity index (χ1v) is 4.98. The molecule has 18 heavy (non-hydrogen) atoms. The summed E-state index contributed by atoms with van der Waals surface area (Å²) in [6.07, 6.45) is 0. The number of ether oxygens (including phenoxy) is 1. The van der Waals surface area contributed by atoms with Crippen LogP contribution >= 0.6 is 0 Å². The second kappa shape index (κ2) is 6.15. The molecule has 0 saturated heterocycles. The van der Waals surface area contributed by atoms with E-state index in [0.717, 1.165) is 0 Å². The SMILES string of the molecule is COC(=O)/C(N=Nc1ccc(C#N)cc1)=C(\C)O. The molecule has 0 aliphatic rings. The van der Waals surface area contributed by atoms with Crippen LogP contribution in [0.1, 0.15) is 12.5 Å². The zero-order chi connectivity index (χ0) is 13.5. The highest BCUT2D eigenvalue weighted by molar-refractivity contribution is 5.88. The van der Waals surface area contributed by atoms with Crippen molar-refractivity contribution in [2.75, 3.05) is 7.11 Å². The van der Waals surface area contributed by atoms with E-state index < -0.39 is 5.97 Å². The van der Waals surface area contributed by atoms with Gasteiger partial charge in [0.1, 0.15) is 5.76 Å². The van der Waals surface area contributed by atoms with Crippen LogP contribution in [0.4, 0.5) is 5.69 Å². The van der Waals surface area contributed by atoms with Gasteiger partial charge in [0.2, 0.25) is 5.70 Å². The van der Waals surface area contributed by atoms with Crippen molar-refractivity contribution in [1.29, 1.82) is 5.26 Å². The highest BCUT2D eigenvalue weighted by Crippen LogP contribution is 2.16. The summed E-state index contributed by atoms with van der Waals surface area (Å²) in [5, 5.41) is 25.3. The molecule has 0 heterocycles. The molecule has 0 saturated carbocycles. The van der Waals surface area contributed by atoms with Crippen molar-refractivity contribution >= 4 is 11.7 Å². The Hall–Kier alpha value is -2.68. The fourth-order valence-corrected chi connectivity index (χ4v) is 1.07. The lowest BCUT2D eigenvalue weighted by Gasteiger charge is -1.99. The largest absolute Gasteiger partial charge is 0.510 e. The third-order valence-corrected chi connectivity index (χ3v) is 1.98. The quantitative estimate of drug-likeness (QED) is 0.383. The van der Waals surface area contributed by atoms with Crippen LogP contribution in [0.15, 0.2) is 46.0 Å². The first kappa shape index (κ1) is 13.4. The highest BCUT2D eigenvalue weighted by Gasteiger charge is 2.12. The van der Waals surface area contributed by atoms with Crippen LogP contribution in [0.3, 0.4) is 0 Å². The third-order valence-electron chi connectivity index (χ3n) is 1.98. The van der Waals surface area contributed by atoms with Crippen molar-refractivity contribution in [3.8, 4) is 6.07 Å². The fourth-order valence-electron chi connectivity index (χ4n) is 1.07. The summed E-state index contributed by atoms with van der Waals surface area (Å²) in [7, 11) is 1.18. The lowest BCUT2D eigenvalue weighted by Crippen LogP contribution is -2.04. The van der Waals surface area contributed by atoms with Crippen LogP contribution in [0.25, 0.3) is 0 Å². The number of aliphatic hydroxyl groups excluding tert-OH is 1. The maximum Gasteiger partial charge on any atom is 0.362 e. The molecule has 0 bridgehead atoms. The van der Waals surface area contributed by atoms with Crippen molar-refractivity contribution in [3.63, 3.8) is 0 Å². The molecule has 92 valence electrons. The molecule has 1 aromatic rings. The standard InChI is InChI=1S/C12H11N3O3/c1-8(16)11(12(17)18-2)15-14-10-5-3-9(7-13)4-6-10/h3-6,16H,1-2H3/b11-8-,15-14?. The van der Waals surface area contributed by atoms with Crippen LogP contribution in [-0.2, 0) is 9.53 Å². The predicted octanol–water partition coefficient (Wildman–Crippen LogP) is 2.60. The number of nitriles is 1. The van der Waals surface area contributed by atoms with E-state index in [1.807, 2.05) is 6.07 Å². The Bertz CT molecular complexity index is 535. The van der Waals surface area contributed by atoms with Gasteiger partial charge in [-0.2, -0.15) is 10.4 Å². The molecule has 0 fully saturated rings. The molecule has 6 nitrogen and oxygen atoms in total. The first-order valence-electron chi connectivity index (χ1n) is 4.98. The number of hydrogen-bond acceptors (Lipinski definition) is 6. The van der Waals surface area contributed by atoms with Gasteiger partial charge in [-0.3, -0.25) is 0 Å². The number of methoxy groups -OCH3 is 1. The number of carbonyl (C=O) groups is 1. The van der Waals surface area contributed by atoms with Gasteiger partial charge in [-0.05, 0) is 31.2 Å². The molecule has 0 atom stereocenters. The van der Waals surface area contributed by atoms with Gasteiger partial charge in [-0.1, -0.05) is 0 Å². The zero-order valence-electron chi connectivity index (χ0n) is 9.91. The Labute approximate surface area is 104 Å². The Kier molecular flexibility index (Phi) is 4.58. The van der Waals surface area contributed by atoms with E-state index in [-0.39, 0.29) is 11.5 Å². The second-order valence-electron chi connectivity index (χ2n) is 3.28. The summed E-state index contributed by atoms with van der Waals surface area (Å²) in [4.78, 5) is 11.2. The maximum atomic E-state index is 11.2. The van der Waals surface area contributed by atoms with Gasteiger partial charge in [0.25, 0.3) is 0 Å². The third kappa shape index (κ3) is 3.42. The summed E-state index contributed by atoms with van der Waals surface area (Å²) < 4.78 is 4.44. The molecule has 0 aromatic heterocycles. The summed E-state index contributed by atoms with van der Waals surface area (Å²) in [6, 6.07) is 8.26. The second-order valence-corrected chi connectivity index (χ2v) is 3.28. The lowest BCUT2D eigenvalue weighted by molar-refractivity contribution is -0.136. The number of azo groups is 1. The van der Waals surface area contributed by atoms with E-state index in [1.54, 1.807) is 24.3 Å². The van der Waals surface area contributed by atoms with Crippen LogP contribution in [-0.4, -0.2) is 18.2 Å². The van der Waals surface area contributed by atoms with Crippen LogP contribution in [0, 0.1) is 11.3 Å². The van der Waals surface area contributed by atoms with Gasteiger partial charge in [0.05, 0.1) is 24.4 Å². The van der Waals surface area contributed by atoms with Gasteiger partial charge in [-0.25, -0.2) is 4.79 Å². The molecule has 0 radical (unpaired) electrons. The molecule has 0 spiro atoms. The number of allylic oxidation sites excluding steroid dienone is 1. The van der Waals surface area contributed by atoms with Gasteiger partial charge in [-0.15, -0.1) is 5.11 Å². The minimum atomic E-state index is -0.771. The molecule has 1 N–H and O–H groups in total. The highest BCUT2D eigenvalue weighted by atomic mass is 16.5. The molecule has 1 rings (SSSR count). The maximum absolute atomic E-state index is 11.2. The van der Waals surface area contributed by atoms with E-state index in [2.05, 4.69) is 15.0 Å². The molecule has 0 aliphatic carbocycles. The smallest absolute Gasteiger partial charge is 0.362 e. The summed E-state index contributed by atoms with van der Waals surface area (Å²) in [5.41, 5.74) is 0.689. The van der Waals surface area contributed by atoms with E-state index in [9.17, 15) is 9.90 Å². The average molecular weight is 245 g/mol. The Balaban J connectivity index is 2.94. The Morgan fingerprint density at radius 3 is 2.44 bits per heavy atom. The molecular formula is C12H11N3O3. The van der Waals surface area contributed by atoms with Crippen LogP contribution < -0.4 is 0 Å². The minimum Gasteiger partial charge on any atom is -0.510 e. The van der Waals surface area contributed by atoms with Gasteiger partial charge >= 0.3 is 5.97 Å². The van der Waals surface area contributed by atoms with Crippen LogP contribution in [0.2, 0.25) is 0 Å². The lowest BCUT2D eigenvalue weighted by atomic mass is 10.2. The number of nitrogens with zero attached hydrogens (tertiary/aromatic N) is 3. The van der Waals surface area contributed by atoms with E-state index in [1.165, 1.54) is 14.0 Å². The number of hydrogen-bond donors (Lipinski definition) is 1. The first-order chi connectivity index (χ1) is 8.58. The van der Waals surface area contributed by atoms with Crippen molar-refractivity contribution in [3.05, 3.63) is 41.3 Å². The average Bonchev–Trinajstić information content (AvgIpc) is 2.39. The summed E-state index contributed by atoms with van der Waals surface area (Å²) in [6.45, 7) is 1.31. The summed E-state index contributed by atoms with van der Waals surface area (Å²) in [5.74, 6) is -1.05. The van der Waals surface area contributed by atoms with Crippen LogP contribution in [0.5, 0.6) is 0 Å². The molecular weight excluding hydrogens is 234 g/mol. The van der Waals surface area contributed by atoms with Crippen molar-refractivity contribution in [2.45, 2.75) is 6.92 Å². The summed E-state index contributed by atoms with van der Waals surface area (Å²) >= 11 is 0. The normalized spacial score (nSPS) is 11.8.